The molecule has 0 spiro atoms. The van der Waals surface area contributed by atoms with E-state index in [-0.39, 0.29) is 36.3 Å². The van der Waals surface area contributed by atoms with Crippen LogP contribution in [-0.2, 0) is 24.4 Å². The van der Waals surface area contributed by atoms with Gasteiger partial charge in [-0.3, -0.25) is 14.4 Å². The van der Waals surface area contributed by atoms with E-state index in [1.165, 1.54) is 29.2 Å². The van der Waals surface area contributed by atoms with E-state index in [1.54, 1.807) is 29.2 Å². The highest BCUT2D eigenvalue weighted by Crippen LogP contribution is 2.18. The molecule has 1 saturated heterocycles. The number of hydrogen-bond donors (Lipinski definition) is 5. The number of anilines is 1. The predicted octanol–water partition coefficient (Wildman–Crippen LogP) is -0.369. The van der Waals surface area contributed by atoms with E-state index >= 15 is 0 Å². The fraction of sp³-hybridized carbons (Fsp3) is 0.273. The van der Waals surface area contributed by atoms with Crippen LogP contribution in [0.25, 0.3) is 0 Å². The van der Waals surface area contributed by atoms with Crippen molar-refractivity contribution in [1.29, 1.82) is 0 Å². The van der Waals surface area contributed by atoms with Crippen LogP contribution in [0.2, 0.25) is 5.02 Å². The molecule has 13 nitrogen and oxygen atoms in total. The van der Waals surface area contributed by atoms with Gasteiger partial charge in [-0.1, -0.05) is 16.8 Å². The highest BCUT2D eigenvalue weighted by Gasteiger charge is 2.28. The summed E-state index contributed by atoms with van der Waals surface area (Å²) in [6.07, 6.45) is 0. The van der Waals surface area contributed by atoms with E-state index < -0.39 is 34.5 Å². The summed E-state index contributed by atoms with van der Waals surface area (Å²) in [6.45, 7) is -0.164. The van der Waals surface area contributed by atoms with Crippen LogP contribution in [0, 0.1) is 0 Å². The Morgan fingerprint density at radius 2 is 1.76 bits per heavy atom. The molecular formula is C22H25ClN6O7S. The minimum Gasteiger partial charge on any atom is -0.480 e. The molecule has 0 radical (unpaired) electrons. The molecule has 0 bridgehead atoms. The Morgan fingerprint density at radius 3 is 2.32 bits per heavy atom. The van der Waals surface area contributed by atoms with E-state index in [4.69, 9.17) is 22.5 Å². The number of carbonyl (C=O) groups is 3. The Hall–Kier alpha value is -3.88. The number of sulfonamides is 1. The van der Waals surface area contributed by atoms with Gasteiger partial charge in [-0.15, -0.1) is 0 Å². The Balaban J connectivity index is 1.52. The number of carbonyl (C=O) groups excluding carboxylic acids is 2. The third-order valence-corrected chi connectivity index (χ3v) is 7.25. The average Bonchev–Trinajstić information content (AvgIpc) is 2.87. The number of carboxylic acids is 1. The van der Waals surface area contributed by atoms with Gasteiger partial charge in [0.05, 0.1) is 18.0 Å². The molecule has 198 valence electrons. The summed E-state index contributed by atoms with van der Waals surface area (Å²) in [6, 6.07) is 10.2. The van der Waals surface area contributed by atoms with E-state index in [1.807, 2.05) is 4.72 Å². The molecule has 15 heteroatoms. The number of rotatable bonds is 10. The maximum atomic E-state index is 12.6. The summed E-state index contributed by atoms with van der Waals surface area (Å²) in [7, 11) is -4.18. The molecule has 0 saturated carbocycles. The molecule has 1 heterocycles. The van der Waals surface area contributed by atoms with Crippen molar-refractivity contribution in [2.45, 2.75) is 10.9 Å². The lowest BCUT2D eigenvalue weighted by atomic mass is 10.1. The van der Waals surface area contributed by atoms with Gasteiger partial charge in [-0.2, -0.15) is 4.72 Å². The normalized spacial score (nSPS) is 15.4. The van der Waals surface area contributed by atoms with Crippen LogP contribution in [0.5, 0.6) is 0 Å². The molecule has 2 aromatic carbocycles. The van der Waals surface area contributed by atoms with Crippen LogP contribution in [-0.4, -0.2) is 86.0 Å². The van der Waals surface area contributed by atoms with E-state index in [0.717, 1.165) is 5.69 Å². The number of amides is 2. The Kier molecular flexibility index (Phi) is 8.91. The van der Waals surface area contributed by atoms with Gasteiger partial charge in [-0.25, -0.2) is 8.42 Å². The third-order valence-electron chi connectivity index (χ3n) is 5.51. The van der Waals surface area contributed by atoms with Crippen molar-refractivity contribution >= 4 is 50.9 Å². The highest BCUT2D eigenvalue weighted by atomic mass is 35.5. The van der Waals surface area contributed by atoms with E-state index in [2.05, 4.69) is 10.5 Å². The van der Waals surface area contributed by atoms with Gasteiger partial charge >= 0.3 is 5.97 Å². The Labute approximate surface area is 217 Å². The van der Waals surface area contributed by atoms with Gasteiger partial charge in [0.2, 0.25) is 21.8 Å². The number of aliphatic carboxylic acids is 1. The first kappa shape index (κ1) is 27.7. The molecule has 0 aromatic heterocycles. The Bertz CT molecular complexity index is 1290. The SMILES string of the molecule is NC(=NO)c1ccc(N2CCN(CC(=O)NC[C@H](NS(=O)(=O)c3ccc(Cl)cc3)C(=O)O)C(=O)C2)cc1. The van der Waals surface area contributed by atoms with Crippen molar-refractivity contribution in [1.82, 2.24) is 14.9 Å². The van der Waals surface area contributed by atoms with Crippen LogP contribution >= 0.6 is 11.6 Å². The molecule has 1 aliphatic heterocycles. The lowest BCUT2D eigenvalue weighted by molar-refractivity contribution is -0.139. The smallest absolute Gasteiger partial charge is 0.323 e. The first-order chi connectivity index (χ1) is 17.5. The van der Waals surface area contributed by atoms with E-state index in [0.29, 0.717) is 17.1 Å². The van der Waals surface area contributed by atoms with Gasteiger partial charge < -0.3 is 31.2 Å². The number of nitrogens with zero attached hydrogens (tertiary/aromatic N) is 3. The average molecular weight is 553 g/mol. The summed E-state index contributed by atoms with van der Waals surface area (Å²) in [5, 5.41) is 23.8. The number of oxime groups is 1. The van der Waals surface area contributed by atoms with Gasteiger partial charge in [0.1, 0.15) is 6.04 Å². The lowest BCUT2D eigenvalue weighted by Crippen LogP contribution is -2.54. The standard InChI is InChI=1S/C22H25ClN6O7S/c23-15-3-7-17(8-4-15)37(35,36)27-18(22(32)33)11-25-19(30)12-29-10-9-28(13-20(29)31)16-5-1-14(2-6-16)21(24)26-34/h1-8,18,27,34H,9-13H2,(H2,24,26)(H,25,30)(H,32,33)/t18-/m0/s1. The van der Waals surface area contributed by atoms with Crippen molar-refractivity contribution < 1.29 is 33.1 Å². The largest absolute Gasteiger partial charge is 0.480 e. The van der Waals surface area contributed by atoms with Crippen molar-refractivity contribution in [3.05, 3.63) is 59.1 Å². The number of halogens is 1. The van der Waals surface area contributed by atoms with Crippen molar-refractivity contribution in [3.8, 4) is 0 Å². The zero-order valence-corrected chi connectivity index (χ0v) is 20.9. The maximum Gasteiger partial charge on any atom is 0.323 e. The predicted molar refractivity (Wildman–Crippen MR) is 134 cm³/mol. The summed E-state index contributed by atoms with van der Waals surface area (Å²) >= 11 is 5.75. The monoisotopic (exact) mass is 552 g/mol. The fourth-order valence-corrected chi connectivity index (χ4v) is 4.81. The lowest BCUT2D eigenvalue weighted by Gasteiger charge is -2.35. The van der Waals surface area contributed by atoms with Crippen LogP contribution in [0.1, 0.15) is 5.56 Å². The molecule has 37 heavy (non-hydrogen) atoms. The number of hydrogen-bond acceptors (Lipinski definition) is 8. The topological polar surface area (TPSA) is 195 Å². The number of nitrogens with two attached hydrogens (primary N) is 1. The molecule has 3 rings (SSSR count). The van der Waals surface area contributed by atoms with Crippen molar-refractivity contribution in [2.24, 2.45) is 10.9 Å². The summed E-state index contributed by atoms with van der Waals surface area (Å²) in [5.74, 6) is -2.48. The molecule has 2 amide bonds. The molecule has 1 aliphatic rings. The fourth-order valence-electron chi connectivity index (χ4n) is 3.49. The van der Waals surface area contributed by atoms with Crippen molar-refractivity contribution in [3.63, 3.8) is 0 Å². The zero-order valence-electron chi connectivity index (χ0n) is 19.4. The highest BCUT2D eigenvalue weighted by molar-refractivity contribution is 7.89. The van der Waals surface area contributed by atoms with Crippen LogP contribution in [0.4, 0.5) is 5.69 Å². The molecular weight excluding hydrogens is 528 g/mol. The number of nitrogens with one attached hydrogen (secondary N) is 2. The summed E-state index contributed by atoms with van der Waals surface area (Å²) < 4.78 is 27.0. The Morgan fingerprint density at radius 1 is 1.11 bits per heavy atom. The summed E-state index contributed by atoms with van der Waals surface area (Å²) in [5.41, 5.74) is 6.80. The molecule has 0 unspecified atom stereocenters. The number of amidine groups is 1. The minimum atomic E-state index is -4.18. The van der Waals surface area contributed by atoms with E-state index in [9.17, 15) is 27.9 Å². The first-order valence-electron chi connectivity index (χ1n) is 10.9. The minimum absolute atomic E-state index is 0.00877. The van der Waals surface area contributed by atoms with Crippen LogP contribution in [0.3, 0.4) is 0 Å². The number of piperazine rings is 1. The van der Waals surface area contributed by atoms with Crippen molar-refractivity contribution in [2.75, 3.05) is 37.6 Å². The molecule has 6 N–H and O–H groups in total. The van der Waals surface area contributed by atoms with Crippen LogP contribution in [0.15, 0.2) is 58.6 Å². The second-order valence-electron chi connectivity index (χ2n) is 8.04. The molecule has 2 aromatic rings. The van der Waals surface area contributed by atoms with Gasteiger partial charge in [-0.05, 0) is 48.5 Å². The quantitative estimate of drug-likeness (QED) is 0.113. The van der Waals surface area contributed by atoms with Crippen LogP contribution < -0.4 is 20.7 Å². The van der Waals surface area contributed by atoms with Gasteiger partial charge in [0, 0.05) is 35.9 Å². The number of benzene rings is 2. The molecule has 1 atom stereocenters. The molecule has 1 fully saturated rings. The second-order valence-corrected chi connectivity index (χ2v) is 10.2. The second kappa shape index (κ2) is 11.9. The molecule has 0 aliphatic carbocycles. The van der Waals surface area contributed by atoms with Gasteiger partial charge in [0.15, 0.2) is 5.84 Å². The maximum absolute atomic E-state index is 12.6. The first-order valence-corrected chi connectivity index (χ1v) is 12.7. The zero-order chi connectivity index (χ0) is 27.2. The number of carboxylic acid groups (broad SMARTS) is 1. The third kappa shape index (κ3) is 7.31. The van der Waals surface area contributed by atoms with Gasteiger partial charge in [0.25, 0.3) is 0 Å². The summed E-state index contributed by atoms with van der Waals surface area (Å²) in [4.78, 5) is 39.5.